The van der Waals surface area contributed by atoms with E-state index < -0.39 is 0 Å². The fraction of sp³-hybridized carbons (Fsp3) is 0.733. The maximum absolute atomic E-state index is 11.6. The van der Waals surface area contributed by atoms with Crippen molar-refractivity contribution in [2.45, 2.75) is 70.8 Å². The number of hydrogen-bond acceptors (Lipinski definition) is 3. The highest BCUT2D eigenvalue weighted by atomic mass is 16.1. The van der Waals surface area contributed by atoms with Crippen LogP contribution in [0.1, 0.15) is 64.0 Å². The van der Waals surface area contributed by atoms with Crippen molar-refractivity contribution in [3.63, 3.8) is 0 Å². The highest BCUT2D eigenvalue weighted by Crippen LogP contribution is 2.19. The Kier molecular flexibility index (Phi) is 5.43. The second-order valence-corrected chi connectivity index (χ2v) is 5.52. The van der Waals surface area contributed by atoms with Crippen LogP contribution in [0.15, 0.2) is 10.9 Å². The van der Waals surface area contributed by atoms with Crippen LogP contribution in [0, 0.1) is 0 Å². The zero-order valence-electron chi connectivity index (χ0n) is 11.9. The third-order valence-electron chi connectivity index (χ3n) is 3.78. The molecule has 0 radical (unpaired) electrons. The fourth-order valence-electron chi connectivity index (χ4n) is 2.68. The molecule has 0 spiro atoms. The summed E-state index contributed by atoms with van der Waals surface area (Å²) in [6.45, 7) is 2.15. The van der Waals surface area contributed by atoms with Crippen LogP contribution in [0.2, 0.25) is 0 Å². The molecule has 2 N–H and O–H groups in total. The smallest absolute Gasteiger partial charge is 0.252 e. The van der Waals surface area contributed by atoms with Crippen molar-refractivity contribution < 1.29 is 0 Å². The van der Waals surface area contributed by atoms with Crippen LogP contribution in [0.4, 0.5) is 5.95 Å². The molecular formula is C15H25N3O. The van der Waals surface area contributed by atoms with Crippen molar-refractivity contribution in [2.75, 3.05) is 5.32 Å². The summed E-state index contributed by atoms with van der Waals surface area (Å²) in [6.07, 6.45) is 10.7. The van der Waals surface area contributed by atoms with E-state index in [0.29, 0.717) is 12.0 Å². The molecule has 106 valence electrons. The minimum absolute atomic E-state index is 0.0442. The Hall–Kier alpha value is -1.32. The van der Waals surface area contributed by atoms with Gasteiger partial charge in [-0.25, -0.2) is 4.98 Å². The Balaban J connectivity index is 2.01. The van der Waals surface area contributed by atoms with E-state index in [2.05, 4.69) is 22.2 Å². The van der Waals surface area contributed by atoms with Gasteiger partial charge in [0.25, 0.3) is 5.56 Å². The summed E-state index contributed by atoms with van der Waals surface area (Å²) in [6, 6.07) is 2.08. The van der Waals surface area contributed by atoms with E-state index in [9.17, 15) is 4.79 Å². The highest BCUT2D eigenvalue weighted by Gasteiger charge is 2.13. The maximum Gasteiger partial charge on any atom is 0.252 e. The number of nitrogens with zero attached hydrogens (tertiary/aromatic N) is 1. The predicted octanol–water partition coefficient (Wildman–Crippen LogP) is 3.25. The molecular weight excluding hydrogens is 238 g/mol. The van der Waals surface area contributed by atoms with E-state index in [1.54, 1.807) is 6.07 Å². The number of H-pyrrole nitrogens is 1. The largest absolute Gasteiger partial charge is 0.353 e. The van der Waals surface area contributed by atoms with Gasteiger partial charge in [-0.15, -0.1) is 0 Å². The van der Waals surface area contributed by atoms with E-state index in [1.165, 1.54) is 38.5 Å². The summed E-state index contributed by atoms with van der Waals surface area (Å²) < 4.78 is 0. The summed E-state index contributed by atoms with van der Waals surface area (Å²) >= 11 is 0. The second kappa shape index (κ2) is 7.31. The maximum atomic E-state index is 11.6. The zero-order valence-corrected chi connectivity index (χ0v) is 11.9. The monoisotopic (exact) mass is 263 g/mol. The fourth-order valence-corrected chi connectivity index (χ4v) is 2.68. The number of anilines is 1. The molecule has 0 atom stereocenters. The first kappa shape index (κ1) is 14.1. The Morgan fingerprint density at radius 1 is 1.32 bits per heavy atom. The van der Waals surface area contributed by atoms with Gasteiger partial charge in [0, 0.05) is 17.8 Å². The highest BCUT2D eigenvalue weighted by molar-refractivity contribution is 5.27. The molecule has 0 saturated heterocycles. The van der Waals surface area contributed by atoms with Crippen LogP contribution < -0.4 is 10.9 Å². The molecule has 1 aromatic heterocycles. The van der Waals surface area contributed by atoms with Crippen molar-refractivity contribution >= 4 is 5.95 Å². The topological polar surface area (TPSA) is 57.8 Å². The SMILES string of the molecule is CCCCc1cc(=O)[nH]c(NC2CCCCCC2)n1. The van der Waals surface area contributed by atoms with Crippen molar-refractivity contribution in [3.05, 3.63) is 22.1 Å². The van der Waals surface area contributed by atoms with E-state index in [0.717, 1.165) is 25.0 Å². The van der Waals surface area contributed by atoms with Crippen molar-refractivity contribution in [3.8, 4) is 0 Å². The van der Waals surface area contributed by atoms with E-state index >= 15 is 0 Å². The number of hydrogen-bond donors (Lipinski definition) is 2. The van der Waals surface area contributed by atoms with Crippen LogP contribution in [-0.4, -0.2) is 16.0 Å². The van der Waals surface area contributed by atoms with Crippen LogP contribution in [0.25, 0.3) is 0 Å². The summed E-state index contributed by atoms with van der Waals surface area (Å²) in [4.78, 5) is 19.0. The number of unbranched alkanes of at least 4 members (excludes halogenated alkanes) is 1. The molecule has 1 aromatic rings. The van der Waals surface area contributed by atoms with Gasteiger partial charge in [-0.3, -0.25) is 9.78 Å². The molecule has 1 aliphatic carbocycles. The normalized spacial score (nSPS) is 17.1. The van der Waals surface area contributed by atoms with Gasteiger partial charge in [0.1, 0.15) is 0 Å². The number of aromatic nitrogens is 2. The molecule has 19 heavy (non-hydrogen) atoms. The quantitative estimate of drug-likeness (QED) is 0.802. The third kappa shape index (κ3) is 4.69. The van der Waals surface area contributed by atoms with Crippen LogP contribution in [0.5, 0.6) is 0 Å². The van der Waals surface area contributed by atoms with Gasteiger partial charge in [-0.05, 0) is 25.7 Å². The van der Waals surface area contributed by atoms with E-state index in [1.807, 2.05) is 0 Å². The standard InChI is InChI=1S/C15H25N3O/c1-2-3-8-13-11-14(19)18-15(17-13)16-12-9-6-4-5-7-10-12/h11-12H,2-10H2,1H3,(H2,16,17,18,19). The first-order valence-corrected chi connectivity index (χ1v) is 7.64. The molecule has 0 bridgehead atoms. The van der Waals surface area contributed by atoms with Crippen molar-refractivity contribution in [1.82, 2.24) is 9.97 Å². The molecule has 1 heterocycles. The number of rotatable bonds is 5. The molecule has 4 nitrogen and oxygen atoms in total. The summed E-state index contributed by atoms with van der Waals surface area (Å²) in [5, 5.41) is 3.41. The Labute approximate surface area is 115 Å². The summed E-state index contributed by atoms with van der Waals surface area (Å²) in [5.41, 5.74) is 0.860. The molecule has 1 fully saturated rings. The van der Waals surface area contributed by atoms with Crippen LogP contribution in [0.3, 0.4) is 0 Å². The molecule has 1 saturated carbocycles. The lowest BCUT2D eigenvalue weighted by Crippen LogP contribution is -2.23. The molecule has 1 aliphatic rings. The lowest BCUT2D eigenvalue weighted by atomic mass is 10.1. The second-order valence-electron chi connectivity index (χ2n) is 5.52. The first-order valence-electron chi connectivity index (χ1n) is 7.64. The summed E-state index contributed by atoms with van der Waals surface area (Å²) in [5.74, 6) is 0.658. The average Bonchev–Trinajstić information content (AvgIpc) is 2.64. The Bertz CT molecular complexity index is 433. The molecule has 0 amide bonds. The van der Waals surface area contributed by atoms with Gasteiger partial charge in [-0.1, -0.05) is 39.0 Å². The third-order valence-corrected chi connectivity index (χ3v) is 3.78. The molecule has 0 aliphatic heterocycles. The van der Waals surface area contributed by atoms with Crippen LogP contribution in [-0.2, 0) is 6.42 Å². The van der Waals surface area contributed by atoms with Gasteiger partial charge in [-0.2, -0.15) is 0 Å². The van der Waals surface area contributed by atoms with E-state index in [4.69, 9.17) is 0 Å². The van der Waals surface area contributed by atoms with Crippen molar-refractivity contribution in [1.29, 1.82) is 0 Å². The summed E-state index contributed by atoms with van der Waals surface area (Å²) in [7, 11) is 0. The number of nitrogens with one attached hydrogen (secondary N) is 2. The van der Waals surface area contributed by atoms with Crippen LogP contribution >= 0.6 is 0 Å². The Morgan fingerprint density at radius 3 is 2.74 bits per heavy atom. The first-order chi connectivity index (χ1) is 9.28. The average molecular weight is 263 g/mol. The number of aromatic amines is 1. The zero-order chi connectivity index (χ0) is 13.5. The van der Waals surface area contributed by atoms with Crippen molar-refractivity contribution in [2.24, 2.45) is 0 Å². The molecule has 0 unspecified atom stereocenters. The molecule has 4 heteroatoms. The Morgan fingerprint density at radius 2 is 2.05 bits per heavy atom. The number of aryl methyl sites for hydroxylation is 1. The molecule has 0 aromatic carbocycles. The van der Waals surface area contributed by atoms with Gasteiger partial charge >= 0.3 is 0 Å². The minimum Gasteiger partial charge on any atom is -0.353 e. The van der Waals surface area contributed by atoms with Gasteiger partial charge in [0.05, 0.1) is 0 Å². The van der Waals surface area contributed by atoms with Gasteiger partial charge in [0.2, 0.25) is 5.95 Å². The van der Waals surface area contributed by atoms with Gasteiger partial charge < -0.3 is 5.32 Å². The lowest BCUT2D eigenvalue weighted by molar-refractivity contribution is 0.613. The minimum atomic E-state index is -0.0442. The van der Waals surface area contributed by atoms with E-state index in [-0.39, 0.29) is 5.56 Å². The lowest BCUT2D eigenvalue weighted by Gasteiger charge is -2.16. The molecule has 2 rings (SSSR count). The predicted molar refractivity (Wildman–Crippen MR) is 78.6 cm³/mol. The van der Waals surface area contributed by atoms with Gasteiger partial charge in [0.15, 0.2) is 0 Å².